The van der Waals surface area contributed by atoms with Gasteiger partial charge in [-0.3, -0.25) is 18.7 Å². The third kappa shape index (κ3) is 3.94. The molecule has 1 saturated heterocycles. The summed E-state index contributed by atoms with van der Waals surface area (Å²) in [4.78, 5) is 39.0. The highest BCUT2D eigenvalue weighted by Gasteiger charge is 2.17. The van der Waals surface area contributed by atoms with E-state index in [2.05, 4.69) is 10.6 Å². The van der Waals surface area contributed by atoms with Gasteiger partial charge in [0.25, 0.3) is 0 Å². The van der Waals surface area contributed by atoms with E-state index in [1.807, 2.05) is 60.4 Å². The molecule has 0 saturated carbocycles. The molecule has 8 heteroatoms. The van der Waals surface area contributed by atoms with Crippen molar-refractivity contribution in [2.75, 3.05) is 29.9 Å². The van der Waals surface area contributed by atoms with Crippen molar-refractivity contribution in [3.05, 3.63) is 59.0 Å². The van der Waals surface area contributed by atoms with Gasteiger partial charge in [0.15, 0.2) is 0 Å². The highest BCUT2D eigenvalue weighted by Crippen LogP contribution is 2.19. The number of nitrogens with one attached hydrogen (secondary N) is 2. The average Bonchev–Trinajstić information content (AvgIpc) is 3.00. The van der Waals surface area contributed by atoms with Gasteiger partial charge in [0.1, 0.15) is 6.54 Å². The first-order valence-electron chi connectivity index (χ1n) is 10.2. The number of imidazole rings is 1. The van der Waals surface area contributed by atoms with Crippen LogP contribution in [0, 0.1) is 0 Å². The van der Waals surface area contributed by atoms with Gasteiger partial charge in [-0.2, -0.15) is 0 Å². The number of aryl methyl sites for hydroxylation is 1. The molecule has 1 aliphatic rings. The lowest BCUT2D eigenvalue weighted by Crippen LogP contribution is -2.47. The Kier molecular flexibility index (Phi) is 5.56. The van der Waals surface area contributed by atoms with Crippen LogP contribution in [0.25, 0.3) is 11.0 Å². The number of nitrogens with zero attached hydrogens (tertiary/aromatic N) is 3. The van der Waals surface area contributed by atoms with E-state index in [1.165, 1.54) is 4.57 Å². The van der Waals surface area contributed by atoms with Crippen molar-refractivity contribution in [1.82, 2.24) is 14.5 Å². The van der Waals surface area contributed by atoms with Crippen LogP contribution in [0.5, 0.6) is 0 Å². The zero-order valence-electron chi connectivity index (χ0n) is 16.9. The molecule has 0 spiro atoms. The first kappa shape index (κ1) is 19.8. The highest BCUT2D eigenvalue weighted by atomic mass is 16.2. The van der Waals surface area contributed by atoms with Crippen molar-refractivity contribution >= 4 is 34.2 Å². The number of hydrogen-bond acceptors (Lipinski definition) is 4. The van der Waals surface area contributed by atoms with Crippen LogP contribution in [0.4, 0.5) is 11.4 Å². The van der Waals surface area contributed by atoms with Crippen molar-refractivity contribution in [3.8, 4) is 0 Å². The minimum absolute atomic E-state index is 0.00584. The van der Waals surface area contributed by atoms with Gasteiger partial charge in [-0.25, -0.2) is 4.79 Å². The van der Waals surface area contributed by atoms with Gasteiger partial charge in [-0.15, -0.1) is 0 Å². The van der Waals surface area contributed by atoms with E-state index in [9.17, 15) is 14.4 Å². The summed E-state index contributed by atoms with van der Waals surface area (Å²) < 4.78 is 3.23. The molecule has 1 fully saturated rings. The summed E-state index contributed by atoms with van der Waals surface area (Å²) in [5.41, 5.74) is 3.00. The molecule has 4 rings (SSSR count). The third-order valence-corrected chi connectivity index (χ3v) is 5.23. The SMILES string of the molecule is CCCn1c(=O)n(CC(=O)Nc2ccc(N3CCNC(=O)C3)cc2)c2ccccc21. The van der Waals surface area contributed by atoms with Crippen molar-refractivity contribution in [1.29, 1.82) is 0 Å². The Morgan fingerprint density at radius 3 is 2.40 bits per heavy atom. The lowest BCUT2D eigenvalue weighted by atomic mass is 10.2. The Bertz CT molecular complexity index is 1130. The van der Waals surface area contributed by atoms with Crippen LogP contribution in [-0.2, 0) is 22.7 Å². The largest absolute Gasteiger partial charge is 0.360 e. The molecule has 2 aromatic carbocycles. The van der Waals surface area contributed by atoms with Crippen LogP contribution in [0.3, 0.4) is 0 Å². The molecule has 0 bridgehead atoms. The minimum Gasteiger partial charge on any atom is -0.360 e. The van der Waals surface area contributed by atoms with Gasteiger partial charge in [0.2, 0.25) is 11.8 Å². The van der Waals surface area contributed by atoms with Gasteiger partial charge in [-0.1, -0.05) is 19.1 Å². The number of anilines is 2. The quantitative estimate of drug-likeness (QED) is 0.652. The van der Waals surface area contributed by atoms with Gasteiger partial charge < -0.3 is 15.5 Å². The molecular formula is C22H25N5O3. The summed E-state index contributed by atoms with van der Waals surface area (Å²) in [5.74, 6) is -0.257. The van der Waals surface area contributed by atoms with Crippen LogP contribution >= 0.6 is 0 Å². The molecule has 0 radical (unpaired) electrons. The van der Waals surface area contributed by atoms with Gasteiger partial charge in [0, 0.05) is 31.0 Å². The molecule has 1 aliphatic heterocycles. The number of carbonyl (C=O) groups is 2. The first-order valence-corrected chi connectivity index (χ1v) is 10.2. The van der Waals surface area contributed by atoms with Gasteiger partial charge >= 0.3 is 5.69 Å². The van der Waals surface area contributed by atoms with Crippen molar-refractivity contribution < 1.29 is 9.59 Å². The molecule has 2 heterocycles. The average molecular weight is 407 g/mol. The topological polar surface area (TPSA) is 88.4 Å². The Morgan fingerprint density at radius 2 is 1.73 bits per heavy atom. The molecule has 8 nitrogen and oxygen atoms in total. The maximum absolute atomic E-state index is 12.8. The van der Waals surface area contributed by atoms with Gasteiger partial charge in [-0.05, 0) is 42.8 Å². The fourth-order valence-corrected chi connectivity index (χ4v) is 3.82. The standard InChI is InChI=1S/C22H25N5O3/c1-2-12-26-18-5-3-4-6-19(18)27(22(26)30)15-21(29)24-16-7-9-17(10-8-16)25-13-11-23-20(28)14-25/h3-10H,2,11-15H2,1H3,(H,23,28)(H,24,29). The molecular weight excluding hydrogens is 382 g/mol. The monoisotopic (exact) mass is 407 g/mol. The zero-order chi connectivity index (χ0) is 21.1. The Balaban J connectivity index is 1.48. The molecule has 0 aliphatic carbocycles. The molecule has 156 valence electrons. The molecule has 2 amide bonds. The van der Waals surface area contributed by atoms with E-state index in [0.717, 1.165) is 29.7 Å². The van der Waals surface area contributed by atoms with Crippen molar-refractivity contribution in [2.45, 2.75) is 26.4 Å². The Morgan fingerprint density at radius 1 is 1.03 bits per heavy atom. The fourth-order valence-electron chi connectivity index (χ4n) is 3.82. The minimum atomic E-state index is -0.262. The summed E-state index contributed by atoms with van der Waals surface area (Å²) in [7, 11) is 0. The van der Waals surface area contributed by atoms with Crippen molar-refractivity contribution in [3.63, 3.8) is 0 Å². The van der Waals surface area contributed by atoms with Crippen LogP contribution in [-0.4, -0.2) is 40.6 Å². The Labute approximate surface area is 174 Å². The number of hydrogen-bond donors (Lipinski definition) is 2. The van der Waals surface area contributed by atoms with E-state index in [0.29, 0.717) is 25.3 Å². The van der Waals surface area contributed by atoms with Crippen LogP contribution in [0.1, 0.15) is 13.3 Å². The second kappa shape index (κ2) is 8.44. The first-order chi connectivity index (χ1) is 14.6. The van der Waals surface area contributed by atoms with Crippen LogP contribution < -0.4 is 21.2 Å². The molecule has 1 aromatic heterocycles. The zero-order valence-corrected chi connectivity index (χ0v) is 16.9. The fraction of sp³-hybridized carbons (Fsp3) is 0.318. The van der Waals surface area contributed by atoms with E-state index in [1.54, 1.807) is 4.57 Å². The summed E-state index contributed by atoms with van der Waals surface area (Å²) in [5, 5.41) is 5.66. The predicted octanol–water partition coefficient (Wildman–Crippen LogP) is 1.79. The Hall–Kier alpha value is -3.55. The van der Waals surface area contributed by atoms with E-state index in [-0.39, 0.29) is 24.0 Å². The summed E-state index contributed by atoms with van der Waals surface area (Å²) in [6.07, 6.45) is 0.838. The maximum atomic E-state index is 12.8. The molecule has 2 N–H and O–H groups in total. The van der Waals surface area contributed by atoms with Gasteiger partial charge in [0.05, 0.1) is 17.6 Å². The number of aromatic nitrogens is 2. The number of carbonyl (C=O) groups excluding carboxylic acids is 2. The molecule has 0 atom stereocenters. The summed E-state index contributed by atoms with van der Waals surface area (Å²) in [6, 6.07) is 14.9. The molecule has 30 heavy (non-hydrogen) atoms. The van der Waals surface area contributed by atoms with Crippen molar-refractivity contribution in [2.24, 2.45) is 0 Å². The number of amides is 2. The smallest absolute Gasteiger partial charge is 0.329 e. The molecule has 0 unspecified atom stereocenters. The number of rotatable bonds is 6. The summed E-state index contributed by atoms with van der Waals surface area (Å²) >= 11 is 0. The predicted molar refractivity (Wildman–Crippen MR) is 117 cm³/mol. The number of fused-ring (bicyclic) bond motifs is 1. The lowest BCUT2D eigenvalue weighted by Gasteiger charge is -2.28. The highest BCUT2D eigenvalue weighted by molar-refractivity contribution is 5.92. The second-order valence-electron chi connectivity index (χ2n) is 7.38. The summed E-state index contributed by atoms with van der Waals surface area (Å²) in [6.45, 7) is 4.29. The second-order valence-corrected chi connectivity index (χ2v) is 7.38. The van der Waals surface area contributed by atoms with E-state index >= 15 is 0 Å². The lowest BCUT2D eigenvalue weighted by molar-refractivity contribution is -0.120. The number of benzene rings is 2. The normalized spacial score (nSPS) is 14.0. The van der Waals surface area contributed by atoms with E-state index < -0.39 is 0 Å². The number of para-hydroxylation sites is 2. The molecule has 3 aromatic rings. The van der Waals surface area contributed by atoms with E-state index in [4.69, 9.17) is 0 Å². The third-order valence-electron chi connectivity index (χ3n) is 5.23. The van der Waals surface area contributed by atoms with Crippen LogP contribution in [0.15, 0.2) is 53.3 Å². The van der Waals surface area contributed by atoms with Crippen LogP contribution in [0.2, 0.25) is 0 Å². The maximum Gasteiger partial charge on any atom is 0.329 e. The number of piperazine rings is 1.